The molecule has 0 unspecified atom stereocenters. The lowest BCUT2D eigenvalue weighted by molar-refractivity contribution is 0.439. The summed E-state index contributed by atoms with van der Waals surface area (Å²) < 4.78 is 5.70. The molecule has 0 aliphatic carbocycles. The Labute approximate surface area is 113 Å². The highest BCUT2D eigenvalue weighted by atomic mass is 16.5. The van der Waals surface area contributed by atoms with E-state index in [-0.39, 0.29) is 0 Å². The van der Waals surface area contributed by atoms with Gasteiger partial charge in [-0.1, -0.05) is 13.8 Å². The minimum atomic E-state index is 0.361. The Kier molecular flexibility index (Phi) is 4.16. The predicted molar refractivity (Wildman–Crippen MR) is 74.5 cm³/mol. The van der Waals surface area contributed by atoms with Crippen LogP contribution in [-0.4, -0.2) is 22.2 Å². The van der Waals surface area contributed by atoms with Gasteiger partial charge in [-0.3, -0.25) is 5.10 Å². The molecule has 0 radical (unpaired) electrons. The molecule has 0 aliphatic rings. The number of nitrogens with one attached hydrogen (secondary N) is 2. The molecule has 0 fully saturated rings. The molecule has 102 valence electrons. The lowest BCUT2D eigenvalue weighted by atomic mass is 10.1. The molecular formula is C14H20N4O. The number of aromatic amines is 1. The second kappa shape index (κ2) is 5.84. The summed E-state index contributed by atoms with van der Waals surface area (Å²) >= 11 is 0. The SMILES string of the molecule is CNCc1cc(Oc2cc(C)[nH]n2)nc(C(C)C)c1. The van der Waals surface area contributed by atoms with E-state index in [0.717, 1.165) is 23.5 Å². The van der Waals surface area contributed by atoms with Crippen LogP contribution in [0, 0.1) is 6.92 Å². The molecule has 0 aromatic carbocycles. The Balaban J connectivity index is 2.27. The Bertz CT molecular complexity index is 548. The quantitative estimate of drug-likeness (QED) is 0.867. The minimum absolute atomic E-state index is 0.361. The Morgan fingerprint density at radius 3 is 2.63 bits per heavy atom. The summed E-state index contributed by atoms with van der Waals surface area (Å²) in [4.78, 5) is 4.52. The van der Waals surface area contributed by atoms with E-state index < -0.39 is 0 Å². The maximum absolute atomic E-state index is 5.70. The summed E-state index contributed by atoms with van der Waals surface area (Å²) in [7, 11) is 1.92. The van der Waals surface area contributed by atoms with Gasteiger partial charge < -0.3 is 10.1 Å². The van der Waals surface area contributed by atoms with E-state index in [0.29, 0.717) is 17.7 Å². The third-order valence-electron chi connectivity index (χ3n) is 2.75. The monoisotopic (exact) mass is 260 g/mol. The lowest BCUT2D eigenvalue weighted by Gasteiger charge is -2.10. The minimum Gasteiger partial charge on any atom is -0.419 e. The summed E-state index contributed by atoms with van der Waals surface area (Å²) in [6, 6.07) is 5.89. The first-order valence-corrected chi connectivity index (χ1v) is 6.44. The van der Waals surface area contributed by atoms with Gasteiger partial charge in [0.1, 0.15) is 0 Å². The molecule has 0 amide bonds. The van der Waals surface area contributed by atoms with Crippen molar-refractivity contribution in [2.24, 2.45) is 0 Å². The number of rotatable bonds is 5. The summed E-state index contributed by atoms with van der Waals surface area (Å²) in [5, 5.41) is 10.0. The van der Waals surface area contributed by atoms with Gasteiger partial charge in [-0.15, -0.1) is 5.10 Å². The van der Waals surface area contributed by atoms with Crippen molar-refractivity contribution >= 4 is 0 Å². The molecule has 2 aromatic heterocycles. The van der Waals surface area contributed by atoms with Gasteiger partial charge in [0.2, 0.25) is 11.8 Å². The first-order chi connectivity index (χ1) is 9.08. The second-order valence-corrected chi connectivity index (χ2v) is 4.91. The molecule has 5 nitrogen and oxygen atoms in total. The predicted octanol–water partition coefficient (Wildman–Crippen LogP) is 2.75. The van der Waals surface area contributed by atoms with Crippen LogP contribution in [0.15, 0.2) is 18.2 Å². The first kappa shape index (κ1) is 13.5. The normalized spacial score (nSPS) is 11.0. The van der Waals surface area contributed by atoms with E-state index in [9.17, 15) is 0 Å². The first-order valence-electron chi connectivity index (χ1n) is 6.44. The molecular weight excluding hydrogens is 240 g/mol. The van der Waals surface area contributed by atoms with Gasteiger partial charge in [-0.25, -0.2) is 4.98 Å². The van der Waals surface area contributed by atoms with Crippen molar-refractivity contribution in [1.29, 1.82) is 0 Å². The van der Waals surface area contributed by atoms with Crippen LogP contribution in [0.4, 0.5) is 0 Å². The largest absolute Gasteiger partial charge is 0.419 e. The van der Waals surface area contributed by atoms with Crippen molar-refractivity contribution in [1.82, 2.24) is 20.5 Å². The number of pyridine rings is 1. The standard InChI is InChI=1S/C14H20N4O/c1-9(2)12-6-11(8-15-4)7-13(16-12)19-14-5-10(3)17-18-14/h5-7,9,15H,8H2,1-4H3,(H,17,18). The molecule has 0 saturated heterocycles. The highest BCUT2D eigenvalue weighted by molar-refractivity contribution is 5.29. The third-order valence-corrected chi connectivity index (χ3v) is 2.75. The number of nitrogens with zero attached hydrogens (tertiary/aromatic N) is 2. The van der Waals surface area contributed by atoms with Crippen molar-refractivity contribution in [3.8, 4) is 11.8 Å². The van der Waals surface area contributed by atoms with Gasteiger partial charge in [0.15, 0.2) is 0 Å². The van der Waals surface area contributed by atoms with Crippen molar-refractivity contribution < 1.29 is 4.74 Å². The summed E-state index contributed by atoms with van der Waals surface area (Å²) in [5.41, 5.74) is 3.14. The summed E-state index contributed by atoms with van der Waals surface area (Å²) in [6.07, 6.45) is 0. The zero-order valence-corrected chi connectivity index (χ0v) is 11.8. The van der Waals surface area contributed by atoms with Crippen molar-refractivity contribution in [2.45, 2.75) is 33.2 Å². The fraction of sp³-hybridized carbons (Fsp3) is 0.429. The number of aryl methyl sites for hydroxylation is 1. The number of hydrogen-bond donors (Lipinski definition) is 2. The molecule has 5 heteroatoms. The van der Waals surface area contributed by atoms with Crippen molar-refractivity contribution in [2.75, 3.05) is 7.05 Å². The molecule has 0 spiro atoms. The average Bonchev–Trinajstić information content (AvgIpc) is 2.75. The highest BCUT2D eigenvalue weighted by Crippen LogP contribution is 2.23. The smallest absolute Gasteiger partial charge is 0.240 e. The van der Waals surface area contributed by atoms with E-state index in [1.807, 2.05) is 26.1 Å². The van der Waals surface area contributed by atoms with Gasteiger partial charge in [0, 0.05) is 30.1 Å². The van der Waals surface area contributed by atoms with Crippen LogP contribution < -0.4 is 10.1 Å². The molecule has 2 aromatic rings. The molecule has 0 saturated carbocycles. The van der Waals surface area contributed by atoms with Gasteiger partial charge in [-0.05, 0) is 31.5 Å². The fourth-order valence-electron chi connectivity index (χ4n) is 1.79. The van der Waals surface area contributed by atoms with E-state index in [4.69, 9.17) is 4.74 Å². The topological polar surface area (TPSA) is 62.8 Å². The fourth-order valence-corrected chi connectivity index (χ4v) is 1.79. The zero-order chi connectivity index (χ0) is 13.8. The van der Waals surface area contributed by atoms with Crippen LogP contribution in [-0.2, 0) is 6.54 Å². The zero-order valence-electron chi connectivity index (χ0n) is 11.8. The van der Waals surface area contributed by atoms with E-state index >= 15 is 0 Å². The van der Waals surface area contributed by atoms with Crippen molar-refractivity contribution in [3.63, 3.8) is 0 Å². The van der Waals surface area contributed by atoms with Crippen LogP contribution in [0.3, 0.4) is 0 Å². The van der Waals surface area contributed by atoms with Crippen molar-refractivity contribution in [3.05, 3.63) is 35.2 Å². The van der Waals surface area contributed by atoms with Crippen LogP contribution in [0.1, 0.15) is 36.7 Å². The number of aromatic nitrogens is 3. The highest BCUT2D eigenvalue weighted by Gasteiger charge is 2.09. The third kappa shape index (κ3) is 3.54. The number of hydrogen-bond acceptors (Lipinski definition) is 4. The van der Waals surface area contributed by atoms with Gasteiger partial charge in [0.05, 0.1) is 0 Å². The lowest BCUT2D eigenvalue weighted by Crippen LogP contribution is -2.07. The summed E-state index contributed by atoms with van der Waals surface area (Å²) in [6.45, 7) is 6.96. The van der Waals surface area contributed by atoms with Crippen LogP contribution in [0.25, 0.3) is 0 Å². The van der Waals surface area contributed by atoms with E-state index in [1.54, 1.807) is 0 Å². The van der Waals surface area contributed by atoms with E-state index in [2.05, 4.69) is 40.4 Å². The molecule has 0 bridgehead atoms. The number of H-pyrrole nitrogens is 1. The number of ether oxygens (including phenoxy) is 1. The van der Waals surface area contributed by atoms with Gasteiger partial charge in [0.25, 0.3) is 0 Å². The Morgan fingerprint density at radius 1 is 1.26 bits per heavy atom. The molecule has 0 aliphatic heterocycles. The van der Waals surface area contributed by atoms with Gasteiger partial charge >= 0.3 is 0 Å². The molecule has 0 atom stereocenters. The molecule has 19 heavy (non-hydrogen) atoms. The maximum atomic E-state index is 5.70. The Hall–Kier alpha value is -1.88. The summed E-state index contributed by atoms with van der Waals surface area (Å²) in [5.74, 6) is 1.49. The second-order valence-electron chi connectivity index (χ2n) is 4.91. The van der Waals surface area contributed by atoms with Crippen LogP contribution in [0.5, 0.6) is 11.8 Å². The van der Waals surface area contributed by atoms with Gasteiger partial charge in [-0.2, -0.15) is 0 Å². The van der Waals surface area contributed by atoms with E-state index in [1.165, 1.54) is 0 Å². The van der Waals surface area contributed by atoms with Crippen LogP contribution in [0.2, 0.25) is 0 Å². The maximum Gasteiger partial charge on any atom is 0.240 e. The average molecular weight is 260 g/mol. The van der Waals surface area contributed by atoms with Crippen LogP contribution >= 0.6 is 0 Å². The molecule has 2 heterocycles. The molecule has 2 N–H and O–H groups in total. The molecule has 2 rings (SSSR count). The Morgan fingerprint density at radius 2 is 2.05 bits per heavy atom.